The molecular weight excluding hydrogens is 270 g/mol. The number of nitrogens with two attached hydrogens (primary N) is 1. The molecule has 0 radical (unpaired) electrons. The number of rotatable bonds is 2. The molecule has 0 aliphatic carbocycles. The SMILES string of the molecule is CS(=O)(=O)C1=C[N+]2(N)N=C(c3ccco3)N=C2C=N1. The van der Waals surface area contributed by atoms with Gasteiger partial charge in [0.05, 0.1) is 6.26 Å². The molecule has 1 aromatic heterocycles. The van der Waals surface area contributed by atoms with E-state index in [4.69, 9.17) is 10.3 Å². The van der Waals surface area contributed by atoms with Crippen LogP contribution in [0.5, 0.6) is 0 Å². The van der Waals surface area contributed by atoms with E-state index < -0.39 is 14.5 Å². The third-order valence-electron chi connectivity index (χ3n) is 2.58. The van der Waals surface area contributed by atoms with E-state index in [0.717, 1.165) is 6.26 Å². The van der Waals surface area contributed by atoms with Crippen molar-refractivity contribution in [1.82, 2.24) is 0 Å². The van der Waals surface area contributed by atoms with E-state index in [1.165, 1.54) is 18.7 Å². The van der Waals surface area contributed by atoms with Gasteiger partial charge in [-0.05, 0) is 21.9 Å². The van der Waals surface area contributed by atoms with Gasteiger partial charge in [-0.2, -0.15) is 4.99 Å². The van der Waals surface area contributed by atoms with Crippen molar-refractivity contribution in [2.24, 2.45) is 20.9 Å². The molecule has 0 bridgehead atoms. The topological polar surface area (TPSA) is 110 Å². The summed E-state index contributed by atoms with van der Waals surface area (Å²) in [6.07, 6.45) is 5.06. The largest absolute Gasteiger partial charge is 0.461 e. The maximum atomic E-state index is 11.5. The maximum absolute atomic E-state index is 11.5. The lowest BCUT2D eigenvalue weighted by atomic mass is 10.4. The molecule has 0 fully saturated rings. The van der Waals surface area contributed by atoms with Crippen LogP contribution in [0.2, 0.25) is 0 Å². The predicted molar refractivity (Wildman–Crippen MR) is 68.5 cm³/mol. The van der Waals surface area contributed by atoms with E-state index in [1.807, 2.05) is 0 Å². The van der Waals surface area contributed by atoms with Crippen LogP contribution in [0.15, 0.2) is 49.1 Å². The Hall–Kier alpha value is -2.10. The molecule has 9 heteroatoms. The summed E-state index contributed by atoms with van der Waals surface area (Å²) in [5, 5.41) is 4.01. The van der Waals surface area contributed by atoms with Crippen LogP contribution in [-0.2, 0) is 9.84 Å². The lowest BCUT2D eigenvalue weighted by Crippen LogP contribution is -2.50. The molecule has 2 aliphatic heterocycles. The Morgan fingerprint density at radius 3 is 2.84 bits per heavy atom. The molecule has 2 aliphatic rings. The summed E-state index contributed by atoms with van der Waals surface area (Å²) in [5.41, 5.74) is 0. The molecule has 1 unspecified atom stereocenters. The molecule has 0 saturated carbocycles. The number of hydrogen-bond acceptors (Lipinski definition) is 7. The minimum absolute atomic E-state index is 0.140. The summed E-state index contributed by atoms with van der Waals surface area (Å²) < 4.78 is 27.5. The minimum Gasteiger partial charge on any atom is -0.461 e. The fraction of sp³-hybridized carbons (Fsp3) is 0.100. The molecular formula is C10H10N5O3S+. The molecule has 1 atom stereocenters. The van der Waals surface area contributed by atoms with E-state index in [0.29, 0.717) is 17.4 Å². The van der Waals surface area contributed by atoms with Gasteiger partial charge in [-0.25, -0.2) is 13.4 Å². The highest BCUT2D eigenvalue weighted by Gasteiger charge is 2.41. The van der Waals surface area contributed by atoms with E-state index >= 15 is 0 Å². The predicted octanol–water partition coefficient (Wildman–Crippen LogP) is -0.0283. The second-order valence-electron chi connectivity index (χ2n) is 4.11. The monoisotopic (exact) mass is 280 g/mol. The van der Waals surface area contributed by atoms with Crippen molar-refractivity contribution >= 4 is 27.7 Å². The number of sulfone groups is 1. The Bertz CT molecular complexity index is 757. The molecule has 8 nitrogen and oxygen atoms in total. The van der Waals surface area contributed by atoms with Crippen LogP contribution in [0.25, 0.3) is 0 Å². The zero-order valence-corrected chi connectivity index (χ0v) is 10.7. The minimum atomic E-state index is -3.45. The molecule has 1 aromatic rings. The van der Waals surface area contributed by atoms with Gasteiger partial charge in [-0.15, -0.1) is 5.84 Å². The standard InChI is InChI=1S/C10H10N5O3S/c1-19(16,17)9-6-15(11)8(5-12-9)13-10(14-15)7-3-2-4-18-7/h2-6H,11H2,1H3/q+1. The number of quaternary nitrogens is 1. The number of hydrogen-bond donors (Lipinski definition) is 1. The highest BCUT2D eigenvalue weighted by molar-refractivity contribution is 7.94. The first-order valence-corrected chi connectivity index (χ1v) is 7.15. The normalized spacial score (nSPS) is 25.7. The molecule has 19 heavy (non-hydrogen) atoms. The number of furan rings is 1. The molecule has 3 heterocycles. The van der Waals surface area contributed by atoms with E-state index in [9.17, 15) is 8.42 Å². The van der Waals surface area contributed by atoms with E-state index in [1.54, 1.807) is 12.1 Å². The van der Waals surface area contributed by atoms with Crippen molar-refractivity contribution in [1.29, 1.82) is 0 Å². The van der Waals surface area contributed by atoms with Crippen molar-refractivity contribution in [3.05, 3.63) is 35.4 Å². The lowest BCUT2D eigenvalue weighted by Gasteiger charge is -2.18. The highest BCUT2D eigenvalue weighted by Crippen LogP contribution is 2.23. The fourth-order valence-corrected chi connectivity index (χ4v) is 2.26. The Kier molecular flexibility index (Phi) is 2.33. The summed E-state index contributed by atoms with van der Waals surface area (Å²) in [4.78, 5) is 7.99. The molecule has 0 amide bonds. The number of amidine groups is 2. The summed E-state index contributed by atoms with van der Waals surface area (Å²) >= 11 is 0. The van der Waals surface area contributed by atoms with Gasteiger partial charge >= 0.3 is 0 Å². The number of nitrogens with zero attached hydrogens (tertiary/aromatic N) is 4. The van der Waals surface area contributed by atoms with Crippen molar-refractivity contribution in [3.8, 4) is 0 Å². The molecule has 0 saturated heterocycles. The molecule has 98 valence electrons. The third-order valence-corrected chi connectivity index (χ3v) is 3.55. The molecule has 0 aromatic carbocycles. The fourth-order valence-electron chi connectivity index (χ4n) is 1.66. The second-order valence-corrected chi connectivity index (χ2v) is 6.07. The second kappa shape index (κ2) is 3.70. The van der Waals surface area contributed by atoms with Gasteiger partial charge in [0.15, 0.2) is 21.8 Å². The average molecular weight is 280 g/mol. The molecule has 2 N–H and O–H groups in total. The Balaban J connectivity index is 2.09. The third kappa shape index (κ3) is 1.93. The van der Waals surface area contributed by atoms with E-state index in [2.05, 4.69) is 15.1 Å². The highest BCUT2D eigenvalue weighted by atomic mass is 32.2. The Labute approximate surface area is 108 Å². The van der Waals surface area contributed by atoms with Gasteiger partial charge in [0.1, 0.15) is 6.21 Å². The number of aliphatic imine (C=N–C) groups is 2. The molecule has 0 spiro atoms. The van der Waals surface area contributed by atoms with Crippen molar-refractivity contribution in [2.45, 2.75) is 0 Å². The Morgan fingerprint density at radius 2 is 2.21 bits per heavy atom. The van der Waals surface area contributed by atoms with Gasteiger partial charge in [0.2, 0.25) is 5.03 Å². The summed E-state index contributed by atoms with van der Waals surface area (Å²) in [6, 6.07) is 3.38. The zero-order valence-electron chi connectivity index (χ0n) is 9.89. The van der Waals surface area contributed by atoms with Crippen LogP contribution >= 0.6 is 0 Å². The van der Waals surface area contributed by atoms with Gasteiger partial charge < -0.3 is 4.42 Å². The van der Waals surface area contributed by atoms with Crippen LogP contribution in [-0.4, -0.2) is 37.3 Å². The average Bonchev–Trinajstić information content (AvgIpc) is 2.91. The summed E-state index contributed by atoms with van der Waals surface area (Å²) in [6.45, 7) is 0. The van der Waals surface area contributed by atoms with Gasteiger partial charge in [0.25, 0.3) is 11.7 Å². The van der Waals surface area contributed by atoms with Crippen molar-refractivity contribution in [3.63, 3.8) is 0 Å². The first-order valence-electron chi connectivity index (χ1n) is 5.26. The summed E-state index contributed by atoms with van der Waals surface area (Å²) in [5.74, 6) is 7.05. The van der Waals surface area contributed by atoms with Crippen LogP contribution in [0.3, 0.4) is 0 Å². The van der Waals surface area contributed by atoms with Crippen LogP contribution in [0.1, 0.15) is 5.76 Å². The van der Waals surface area contributed by atoms with Gasteiger partial charge in [-0.3, -0.25) is 0 Å². The maximum Gasteiger partial charge on any atom is 0.300 e. The quantitative estimate of drug-likeness (QED) is 0.605. The number of fused-ring (bicyclic) bond motifs is 1. The first kappa shape index (κ1) is 12.0. The van der Waals surface area contributed by atoms with Gasteiger partial charge in [0, 0.05) is 6.26 Å². The lowest BCUT2D eigenvalue weighted by molar-refractivity contribution is -0.803. The summed E-state index contributed by atoms with van der Waals surface area (Å²) in [7, 11) is -3.45. The first-order chi connectivity index (χ1) is 8.88. The zero-order chi connectivity index (χ0) is 13.7. The molecule has 3 rings (SSSR count). The van der Waals surface area contributed by atoms with Crippen LogP contribution < -0.4 is 5.84 Å². The van der Waals surface area contributed by atoms with Crippen LogP contribution in [0, 0.1) is 0 Å². The van der Waals surface area contributed by atoms with E-state index in [-0.39, 0.29) is 5.03 Å². The Morgan fingerprint density at radius 1 is 1.42 bits per heavy atom. The van der Waals surface area contributed by atoms with Gasteiger partial charge in [-0.1, -0.05) is 0 Å². The van der Waals surface area contributed by atoms with Crippen LogP contribution in [0.4, 0.5) is 0 Å². The smallest absolute Gasteiger partial charge is 0.300 e. The van der Waals surface area contributed by atoms with Crippen molar-refractivity contribution in [2.75, 3.05) is 6.26 Å². The van der Waals surface area contributed by atoms with Crippen molar-refractivity contribution < 1.29 is 17.5 Å².